The molecule has 0 saturated heterocycles. The van der Waals surface area contributed by atoms with E-state index < -0.39 is 17.3 Å². The third-order valence-corrected chi connectivity index (χ3v) is 2.94. The number of hydrogen-bond acceptors (Lipinski definition) is 2. The summed E-state index contributed by atoms with van der Waals surface area (Å²) >= 11 is 3.24. The second-order valence-corrected chi connectivity index (χ2v) is 4.79. The van der Waals surface area contributed by atoms with Crippen LogP contribution in [0.5, 0.6) is 11.5 Å². The van der Waals surface area contributed by atoms with E-state index in [1.807, 2.05) is 0 Å². The van der Waals surface area contributed by atoms with Gasteiger partial charge in [-0.05, 0) is 36.4 Å². The number of hydrogen-bond donors (Lipinski definition) is 0. The summed E-state index contributed by atoms with van der Waals surface area (Å²) in [5.74, 6) is 0.423. The molecular formula is C14H7BrF3NO. The molecule has 6 heteroatoms. The van der Waals surface area contributed by atoms with Gasteiger partial charge in [0.1, 0.15) is 11.5 Å². The number of nitrogens with zero attached hydrogens (tertiary/aromatic N) is 1. The van der Waals surface area contributed by atoms with Gasteiger partial charge in [0, 0.05) is 4.47 Å². The zero-order valence-electron chi connectivity index (χ0n) is 9.91. The Morgan fingerprint density at radius 2 is 1.75 bits per heavy atom. The van der Waals surface area contributed by atoms with E-state index in [2.05, 4.69) is 15.9 Å². The molecule has 20 heavy (non-hydrogen) atoms. The first kappa shape index (κ1) is 14.4. The molecular weight excluding hydrogens is 335 g/mol. The highest BCUT2D eigenvalue weighted by Gasteiger charge is 2.34. The average molecular weight is 342 g/mol. The molecule has 0 aliphatic heterocycles. The zero-order valence-corrected chi connectivity index (χ0v) is 11.5. The summed E-state index contributed by atoms with van der Waals surface area (Å²) in [6.07, 6.45) is -4.60. The molecule has 0 heterocycles. The van der Waals surface area contributed by atoms with Crippen molar-refractivity contribution in [1.29, 1.82) is 5.26 Å². The molecule has 0 radical (unpaired) electrons. The lowest BCUT2D eigenvalue weighted by molar-refractivity contribution is -0.137. The Hall–Kier alpha value is -2.00. The van der Waals surface area contributed by atoms with Crippen molar-refractivity contribution in [1.82, 2.24) is 0 Å². The Kier molecular flexibility index (Phi) is 4.00. The zero-order chi connectivity index (χ0) is 14.8. The largest absolute Gasteiger partial charge is 0.457 e. The molecule has 102 valence electrons. The fraction of sp³-hybridized carbons (Fsp3) is 0.0714. The number of nitriles is 1. The standard InChI is InChI=1S/C14H7BrF3NO/c15-10-2-1-3-11(6-10)20-12-5-4-9(8-19)13(7-12)14(16,17)18/h1-7H. The maximum atomic E-state index is 12.8. The highest BCUT2D eigenvalue weighted by Crippen LogP contribution is 2.35. The van der Waals surface area contributed by atoms with Crippen LogP contribution in [0.15, 0.2) is 46.9 Å². The van der Waals surface area contributed by atoms with Crippen LogP contribution in [-0.2, 0) is 6.18 Å². The molecule has 0 saturated carbocycles. The van der Waals surface area contributed by atoms with Crippen LogP contribution in [0.25, 0.3) is 0 Å². The minimum Gasteiger partial charge on any atom is -0.457 e. The molecule has 2 nitrogen and oxygen atoms in total. The Morgan fingerprint density at radius 1 is 1.05 bits per heavy atom. The lowest BCUT2D eigenvalue weighted by Gasteiger charge is -2.11. The van der Waals surface area contributed by atoms with E-state index in [1.54, 1.807) is 24.3 Å². The van der Waals surface area contributed by atoms with Crippen LogP contribution in [0, 0.1) is 11.3 Å². The van der Waals surface area contributed by atoms with Crippen molar-refractivity contribution in [3.8, 4) is 17.6 Å². The van der Waals surface area contributed by atoms with E-state index in [0.717, 1.165) is 16.6 Å². The van der Waals surface area contributed by atoms with Gasteiger partial charge < -0.3 is 4.74 Å². The van der Waals surface area contributed by atoms with Crippen molar-refractivity contribution in [2.24, 2.45) is 0 Å². The van der Waals surface area contributed by atoms with E-state index in [0.29, 0.717) is 5.75 Å². The first-order valence-electron chi connectivity index (χ1n) is 5.45. The van der Waals surface area contributed by atoms with Gasteiger partial charge in [-0.3, -0.25) is 0 Å². The summed E-state index contributed by atoms with van der Waals surface area (Å²) in [6, 6.07) is 11.5. The third-order valence-electron chi connectivity index (χ3n) is 2.45. The SMILES string of the molecule is N#Cc1ccc(Oc2cccc(Br)c2)cc1C(F)(F)F. The molecule has 0 unspecified atom stereocenters. The van der Waals surface area contributed by atoms with Gasteiger partial charge in [-0.1, -0.05) is 22.0 Å². The van der Waals surface area contributed by atoms with E-state index in [-0.39, 0.29) is 5.75 Å². The van der Waals surface area contributed by atoms with Crippen molar-refractivity contribution < 1.29 is 17.9 Å². The quantitative estimate of drug-likeness (QED) is 0.758. The minimum absolute atomic E-state index is 0.0226. The number of ether oxygens (including phenoxy) is 1. The molecule has 0 bridgehead atoms. The number of benzene rings is 2. The molecule has 2 rings (SSSR count). The van der Waals surface area contributed by atoms with Gasteiger partial charge in [0.2, 0.25) is 0 Å². The maximum Gasteiger partial charge on any atom is 0.417 e. The summed E-state index contributed by atoms with van der Waals surface area (Å²) in [5, 5.41) is 8.70. The van der Waals surface area contributed by atoms with Gasteiger partial charge in [0.25, 0.3) is 0 Å². The molecule has 0 N–H and O–H groups in total. The summed E-state index contributed by atoms with van der Waals surface area (Å²) in [4.78, 5) is 0. The highest BCUT2D eigenvalue weighted by molar-refractivity contribution is 9.10. The van der Waals surface area contributed by atoms with E-state index in [4.69, 9.17) is 10.00 Å². The predicted molar refractivity (Wildman–Crippen MR) is 70.4 cm³/mol. The van der Waals surface area contributed by atoms with Crippen molar-refractivity contribution in [2.45, 2.75) is 6.18 Å². The van der Waals surface area contributed by atoms with Gasteiger partial charge >= 0.3 is 6.18 Å². The molecule has 0 aromatic heterocycles. The van der Waals surface area contributed by atoms with Crippen LogP contribution in [0.1, 0.15) is 11.1 Å². The Morgan fingerprint density at radius 3 is 2.35 bits per heavy atom. The average Bonchev–Trinajstić information content (AvgIpc) is 2.37. The van der Waals surface area contributed by atoms with Crippen molar-refractivity contribution in [3.63, 3.8) is 0 Å². The fourth-order valence-corrected chi connectivity index (χ4v) is 1.96. The molecule has 0 aliphatic carbocycles. The van der Waals surface area contributed by atoms with Crippen LogP contribution < -0.4 is 4.74 Å². The molecule has 2 aromatic rings. The van der Waals surface area contributed by atoms with E-state index in [9.17, 15) is 13.2 Å². The molecule has 0 amide bonds. The van der Waals surface area contributed by atoms with Gasteiger partial charge in [-0.15, -0.1) is 0 Å². The van der Waals surface area contributed by atoms with Crippen molar-refractivity contribution in [3.05, 3.63) is 58.1 Å². The van der Waals surface area contributed by atoms with E-state index >= 15 is 0 Å². The number of halogens is 4. The summed E-state index contributed by atoms with van der Waals surface area (Å²) in [7, 11) is 0. The fourth-order valence-electron chi connectivity index (χ4n) is 1.59. The molecule has 2 aromatic carbocycles. The minimum atomic E-state index is -4.60. The lowest BCUT2D eigenvalue weighted by Crippen LogP contribution is -2.07. The van der Waals surface area contributed by atoms with Gasteiger partial charge in [0.05, 0.1) is 17.2 Å². The highest BCUT2D eigenvalue weighted by atomic mass is 79.9. The van der Waals surface area contributed by atoms with Crippen LogP contribution >= 0.6 is 15.9 Å². The molecule has 0 fully saturated rings. The molecule has 0 aliphatic rings. The summed E-state index contributed by atoms with van der Waals surface area (Å²) in [6.45, 7) is 0. The number of rotatable bonds is 2. The second-order valence-electron chi connectivity index (χ2n) is 3.88. The van der Waals surface area contributed by atoms with Crippen molar-refractivity contribution in [2.75, 3.05) is 0 Å². The van der Waals surface area contributed by atoms with Gasteiger partial charge in [-0.2, -0.15) is 18.4 Å². The first-order valence-corrected chi connectivity index (χ1v) is 6.24. The van der Waals surface area contributed by atoms with Crippen LogP contribution in [0.2, 0.25) is 0 Å². The second kappa shape index (κ2) is 5.55. The van der Waals surface area contributed by atoms with Gasteiger partial charge in [-0.25, -0.2) is 0 Å². The third kappa shape index (κ3) is 3.31. The van der Waals surface area contributed by atoms with Gasteiger partial charge in [0.15, 0.2) is 0 Å². The monoisotopic (exact) mass is 341 g/mol. The molecule has 0 spiro atoms. The van der Waals surface area contributed by atoms with E-state index in [1.165, 1.54) is 12.1 Å². The smallest absolute Gasteiger partial charge is 0.417 e. The van der Waals surface area contributed by atoms with Crippen molar-refractivity contribution >= 4 is 15.9 Å². The Bertz CT molecular complexity index is 677. The van der Waals surface area contributed by atoms with Crippen LogP contribution in [0.3, 0.4) is 0 Å². The number of alkyl halides is 3. The lowest BCUT2D eigenvalue weighted by atomic mass is 10.1. The summed E-state index contributed by atoms with van der Waals surface area (Å²) < 4.78 is 44.5. The summed E-state index contributed by atoms with van der Waals surface area (Å²) in [5.41, 5.74) is -1.44. The van der Waals surface area contributed by atoms with Crippen LogP contribution in [0.4, 0.5) is 13.2 Å². The maximum absolute atomic E-state index is 12.8. The Labute approximate surface area is 121 Å². The topological polar surface area (TPSA) is 33.0 Å². The Balaban J connectivity index is 2.37. The van der Waals surface area contributed by atoms with Crippen LogP contribution in [-0.4, -0.2) is 0 Å². The molecule has 0 atom stereocenters. The first-order chi connectivity index (χ1) is 9.40. The predicted octanol–water partition coefficient (Wildman–Crippen LogP) is 5.13. The normalized spacial score (nSPS) is 10.9.